The van der Waals surface area contributed by atoms with Gasteiger partial charge in [0.05, 0.1) is 20.8 Å². The maximum atomic E-state index is 12.5. The molecule has 0 amide bonds. The summed E-state index contributed by atoms with van der Waals surface area (Å²) in [6.07, 6.45) is -0.859. The Bertz CT molecular complexity index is 391. The Morgan fingerprint density at radius 3 is 2.63 bits per heavy atom. The first-order valence-corrected chi connectivity index (χ1v) is 5.88. The van der Waals surface area contributed by atoms with Crippen LogP contribution in [-0.4, -0.2) is 50.2 Å². The van der Waals surface area contributed by atoms with Crippen molar-refractivity contribution in [1.82, 2.24) is 9.88 Å². The van der Waals surface area contributed by atoms with Crippen molar-refractivity contribution >= 4 is 0 Å². The molecule has 0 unspecified atom stereocenters. The number of hydrogen-bond donors (Lipinski definition) is 1. The molecule has 0 spiro atoms. The number of ether oxygens (including phenoxy) is 2. The van der Waals surface area contributed by atoms with E-state index in [0.717, 1.165) is 0 Å². The topological polar surface area (TPSA) is 60.6 Å². The summed E-state index contributed by atoms with van der Waals surface area (Å²) in [5, 5.41) is 0. The molecule has 2 N–H and O–H groups in total. The molecule has 0 saturated carbocycles. The second-order valence-corrected chi connectivity index (χ2v) is 3.91. The Morgan fingerprint density at radius 1 is 1.37 bits per heavy atom. The van der Waals surface area contributed by atoms with E-state index in [-0.39, 0.29) is 13.1 Å². The van der Waals surface area contributed by atoms with Crippen LogP contribution in [0.3, 0.4) is 0 Å². The Balaban J connectivity index is 2.88. The highest BCUT2D eigenvalue weighted by atomic mass is 19.3. The number of methoxy groups -OCH3 is 2. The maximum absolute atomic E-state index is 12.5. The summed E-state index contributed by atoms with van der Waals surface area (Å²) in [4.78, 5) is 5.69. The van der Waals surface area contributed by atoms with Crippen molar-refractivity contribution in [2.45, 2.75) is 13.0 Å². The summed E-state index contributed by atoms with van der Waals surface area (Å²) in [6.45, 7) is 0.562. The van der Waals surface area contributed by atoms with Gasteiger partial charge in [-0.3, -0.25) is 9.88 Å². The van der Waals surface area contributed by atoms with Crippen molar-refractivity contribution < 1.29 is 18.3 Å². The van der Waals surface area contributed by atoms with E-state index in [0.29, 0.717) is 30.3 Å². The second-order valence-electron chi connectivity index (χ2n) is 3.91. The molecule has 0 aromatic carbocycles. The molecule has 0 aliphatic heterocycles. The minimum absolute atomic E-state index is 0.238. The lowest BCUT2D eigenvalue weighted by atomic mass is 10.2. The van der Waals surface area contributed by atoms with Gasteiger partial charge >= 0.3 is 0 Å². The number of nitrogens with zero attached hydrogens (tertiary/aromatic N) is 2. The van der Waals surface area contributed by atoms with Gasteiger partial charge in [-0.2, -0.15) is 0 Å². The molecular weight excluding hydrogens is 256 g/mol. The van der Waals surface area contributed by atoms with Crippen molar-refractivity contribution in [1.29, 1.82) is 0 Å². The Kier molecular flexibility index (Phi) is 6.44. The summed E-state index contributed by atoms with van der Waals surface area (Å²) in [6, 6.07) is 1.66. The summed E-state index contributed by atoms with van der Waals surface area (Å²) < 4.78 is 35.3. The fourth-order valence-corrected chi connectivity index (χ4v) is 1.79. The van der Waals surface area contributed by atoms with Gasteiger partial charge in [-0.25, -0.2) is 8.78 Å². The third-order valence-electron chi connectivity index (χ3n) is 2.58. The number of pyridine rings is 1. The first-order chi connectivity index (χ1) is 9.12. The molecular formula is C12H19F2N3O2. The second kappa shape index (κ2) is 7.85. The number of hydrogen-bond acceptors (Lipinski definition) is 5. The molecule has 1 aromatic rings. The predicted molar refractivity (Wildman–Crippen MR) is 67.7 cm³/mol. The van der Waals surface area contributed by atoms with E-state index in [9.17, 15) is 8.78 Å². The lowest BCUT2D eigenvalue weighted by Crippen LogP contribution is -2.33. The minimum atomic E-state index is -2.41. The van der Waals surface area contributed by atoms with E-state index >= 15 is 0 Å². The van der Waals surface area contributed by atoms with Crippen LogP contribution in [0.1, 0.15) is 5.69 Å². The van der Waals surface area contributed by atoms with Gasteiger partial charge in [0.2, 0.25) is 0 Å². The summed E-state index contributed by atoms with van der Waals surface area (Å²) in [7, 11) is 3.00. The van der Waals surface area contributed by atoms with E-state index in [1.54, 1.807) is 12.3 Å². The number of nitrogens with two attached hydrogens (primary N) is 1. The third-order valence-corrected chi connectivity index (χ3v) is 2.58. The van der Waals surface area contributed by atoms with Crippen molar-refractivity contribution in [3.8, 4) is 11.5 Å². The van der Waals surface area contributed by atoms with E-state index in [2.05, 4.69) is 4.98 Å². The maximum Gasteiger partial charge on any atom is 0.251 e. The SMILES string of the molecule is COc1ccnc(CN(CCN)CC(F)F)c1OC. The van der Waals surface area contributed by atoms with Gasteiger partial charge < -0.3 is 15.2 Å². The van der Waals surface area contributed by atoms with Crippen LogP contribution in [0.4, 0.5) is 8.78 Å². The fourth-order valence-electron chi connectivity index (χ4n) is 1.79. The minimum Gasteiger partial charge on any atom is -0.493 e. The van der Waals surface area contributed by atoms with Crippen LogP contribution < -0.4 is 15.2 Å². The van der Waals surface area contributed by atoms with Gasteiger partial charge in [-0.1, -0.05) is 0 Å². The average Bonchev–Trinajstić information content (AvgIpc) is 2.37. The molecule has 0 aliphatic rings. The van der Waals surface area contributed by atoms with Crippen LogP contribution in [0.2, 0.25) is 0 Å². The Morgan fingerprint density at radius 2 is 2.11 bits per heavy atom. The molecule has 1 aromatic heterocycles. The lowest BCUT2D eigenvalue weighted by Gasteiger charge is -2.22. The zero-order valence-electron chi connectivity index (χ0n) is 11.1. The monoisotopic (exact) mass is 275 g/mol. The number of halogens is 2. The molecule has 108 valence electrons. The van der Waals surface area contributed by atoms with Crippen molar-refractivity contribution in [2.75, 3.05) is 33.9 Å². The molecule has 0 saturated heterocycles. The van der Waals surface area contributed by atoms with Crippen molar-refractivity contribution in [3.05, 3.63) is 18.0 Å². The van der Waals surface area contributed by atoms with Crippen molar-refractivity contribution in [3.63, 3.8) is 0 Å². The van der Waals surface area contributed by atoms with Crippen LogP contribution in [-0.2, 0) is 6.54 Å². The number of aromatic nitrogens is 1. The molecule has 0 fully saturated rings. The molecule has 1 heterocycles. The summed E-state index contributed by atoms with van der Waals surface area (Å²) in [5.41, 5.74) is 5.97. The van der Waals surface area contributed by atoms with Gasteiger partial charge in [0.15, 0.2) is 11.5 Å². The van der Waals surface area contributed by atoms with E-state index < -0.39 is 6.43 Å². The van der Waals surface area contributed by atoms with Gasteiger partial charge in [-0.05, 0) is 0 Å². The van der Waals surface area contributed by atoms with Crippen LogP contribution in [0, 0.1) is 0 Å². The van der Waals surface area contributed by atoms with Crippen molar-refractivity contribution in [2.24, 2.45) is 5.73 Å². The van der Waals surface area contributed by atoms with Gasteiger partial charge in [0.1, 0.15) is 5.69 Å². The lowest BCUT2D eigenvalue weighted by molar-refractivity contribution is 0.0851. The Hall–Kier alpha value is -1.47. The molecule has 5 nitrogen and oxygen atoms in total. The molecule has 0 bridgehead atoms. The smallest absolute Gasteiger partial charge is 0.251 e. The Labute approximate surface area is 111 Å². The van der Waals surface area contributed by atoms with E-state index in [1.165, 1.54) is 19.1 Å². The molecule has 19 heavy (non-hydrogen) atoms. The zero-order chi connectivity index (χ0) is 14.3. The standard InChI is InChI=1S/C12H19F2N3O2/c1-18-10-3-5-16-9(12(10)19-2)7-17(6-4-15)8-11(13)14/h3,5,11H,4,6-8,15H2,1-2H3. The quantitative estimate of drug-likeness (QED) is 0.770. The first kappa shape index (κ1) is 15.6. The van der Waals surface area contributed by atoms with E-state index in [1.807, 2.05) is 0 Å². The largest absolute Gasteiger partial charge is 0.493 e. The highest BCUT2D eigenvalue weighted by Gasteiger charge is 2.17. The molecule has 0 aliphatic carbocycles. The zero-order valence-corrected chi connectivity index (χ0v) is 11.1. The summed E-state index contributed by atoms with van der Waals surface area (Å²) in [5.74, 6) is 0.985. The van der Waals surface area contributed by atoms with Crippen LogP contribution >= 0.6 is 0 Å². The first-order valence-electron chi connectivity index (χ1n) is 5.88. The fraction of sp³-hybridized carbons (Fsp3) is 0.583. The number of rotatable bonds is 8. The molecule has 1 rings (SSSR count). The van der Waals surface area contributed by atoms with Crippen LogP contribution in [0.25, 0.3) is 0 Å². The molecule has 0 atom stereocenters. The highest BCUT2D eigenvalue weighted by Crippen LogP contribution is 2.29. The predicted octanol–water partition coefficient (Wildman–Crippen LogP) is 1.12. The van der Waals surface area contributed by atoms with Gasteiger partial charge in [0, 0.05) is 31.9 Å². The van der Waals surface area contributed by atoms with Gasteiger partial charge in [0.25, 0.3) is 6.43 Å². The highest BCUT2D eigenvalue weighted by molar-refractivity contribution is 5.42. The summed E-state index contributed by atoms with van der Waals surface area (Å²) >= 11 is 0. The van der Waals surface area contributed by atoms with Crippen LogP contribution in [0.15, 0.2) is 12.3 Å². The van der Waals surface area contributed by atoms with E-state index in [4.69, 9.17) is 15.2 Å². The van der Waals surface area contributed by atoms with Gasteiger partial charge in [-0.15, -0.1) is 0 Å². The average molecular weight is 275 g/mol. The molecule has 0 radical (unpaired) electrons. The normalized spacial score (nSPS) is 11.1. The third kappa shape index (κ3) is 4.60. The van der Waals surface area contributed by atoms with Crippen LogP contribution in [0.5, 0.6) is 11.5 Å². The molecule has 7 heteroatoms. The number of alkyl halides is 2.